The summed E-state index contributed by atoms with van der Waals surface area (Å²) in [4.78, 5) is 39.9. The largest absolute Gasteiger partial charge is 0.478 e. The normalized spacial score (nSPS) is 17.7. The highest BCUT2D eigenvalue weighted by Crippen LogP contribution is 2.33. The van der Waals surface area contributed by atoms with Crippen LogP contribution in [0.3, 0.4) is 0 Å². The second-order valence-electron chi connectivity index (χ2n) is 9.85. The van der Waals surface area contributed by atoms with E-state index in [0.717, 1.165) is 34.4 Å². The van der Waals surface area contributed by atoms with Crippen molar-refractivity contribution in [3.8, 4) is 5.75 Å². The number of ether oxygens (including phenoxy) is 2. The van der Waals surface area contributed by atoms with Gasteiger partial charge in [0.1, 0.15) is 5.75 Å². The first kappa shape index (κ1) is 27.6. The van der Waals surface area contributed by atoms with Crippen LogP contribution in [0.2, 0.25) is 0 Å². The van der Waals surface area contributed by atoms with Gasteiger partial charge in [0, 0.05) is 29.5 Å². The van der Waals surface area contributed by atoms with Crippen LogP contribution in [0.25, 0.3) is 0 Å². The van der Waals surface area contributed by atoms with Crippen LogP contribution in [0.15, 0.2) is 41.3 Å². The molecular weight excluding hydrogens is 478 g/mol. The number of thioether (sulfide) groups is 1. The summed E-state index contributed by atoms with van der Waals surface area (Å²) in [5.41, 5.74) is 2.13. The van der Waals surface area contributed by atoms with Crippen molar-refractivity contribution >= 4 is 29.6 Å². The highest BCUT2D eigenvalue weighted by molar-refractivity contribution is 7.98. The van der Waals surface area contributed by atoms with Gasteiger partial charge in [0.15, 0.2) is 11.4 Å². The van der Waals surface area contributed by atoms with Crippen molar-refractivity contribution < 1.29 is 29.0 Å². The zero-order valence-electron chi connectivity index (χ0n) is 21.8. The van der Waals surface area contributed by atoms with Gasteiger partial charge in [-0.2, -0.15) is 0 Å². The lowest BCUT2D eigenvalue weighted by atomic mass is 9.84. The molecule has 0 bridgehead atoms. The minimum absolute atomic E-state index is 0.000640. The molecule has 1 N–H and O–H groups in total. The number of carbonyl (C=O) groups is 3. The number of carbonyl (C=O) groups excluding carboxylic acids is 2. The van der Waals surface area contributed by atoms with E-state index in [1.54, 1.807) is 16.7 Å². The summed E-state index contributed by atoms with van der Waals surface area (Å²) >= 11 is 1.62. The molecule has 0 aromatic heterocycles. The molecule has 1 aliphatic rings. The molecule has 8 heteroatoms. The maximum Gasteiger partial charge on any atom is 0.409 e. The number of rotatable bonds is 9. The van der Waals surface area contributed by atoms with Crippen molar-refractivity contribution in [2.45, 2.75) is 51.0 Å². The molecule has 0 radical (unpaired) electrons. The third-order valence-electron chi connectivity index (χ3n) is 6.78. The van der Waals surface area contributed by atoms with Gasteiger partial charge in [-0.3, -0.25) is 4.79 Å². The molecule has 2 aromatic rings. The van der Waals surface area contributed by atoms with E-state index in [-0.39, 0.29) is 17.6 Å². The molecule has 0 aliphatic carbocycles. The molecule has 1 fully saturated rings. The Kier molecular flexibility index (Phi) is 8.71. The van der Waals surface area contributed by atoms with Crippen LogP contribution in [0.1, 0.15) is 47.3 Å². The van der Waals surface area contributed by atoms with Crippen molar-refractivity contribution in [2.24, 2.45) is 11.8 Å². The zero-order chi connectivity index (χ0) is 26.6. The Morgan fingerprint density at radius 1 is 1.08 bits per heavy atom. The lowest BCUT2D eigenvalue weighted by molar-refractivity contribution is -0.152. The van der Waals surface area contributed by atoms with Gasteiger partial charge in [0.05, 0.1) is 7.11 Å². The summed E-state index contributed by atoms with van der Waals surface area (Å²) in [6.07, 6.45) is 3.03. The van der Waals surface area contributed by atoms with E-state index in [4.69, 9.17) is 9.47 Å². The van der Waals surface area contributed by atoms with Crippen molar-refractivity contribution in [2.75, 3.05) is 26.5 Å². The molecule has 36 heavy (non-hydrogen) atoms. The lowest BCUT2D eigenvalue weighted by Gasteiger charge is -2.25. The number of aliphatic carboxylic acids is 1. The van der Waals surface area contributed by atoms with Crippen molar-refractivity contribution in [1.29, 1.82) is 0 Å². The van der Waals surface area contributed by atoms with Gasteiger partial charge in [-0.1, -0.05) is 24.3 Å². The number of benzene rings is 2. The Hall–Kier alpha value is -3.00. The average Bonchev–Trinajstić information content (AvgIpc) is 3.28. The highest BCUT2D eigenvalue weighted by Gasteiger charge is 2.40. The fraction of sp³-hybridized carbons (Fsp3) is 0.464. The average molecular weight is 514 g/mol. The maximum absolute atomic E-state index is 13.4. The summed E-state index contributed by atoms with van der Waals surface area (Å²) in [5.74, 6) is -0.707. The number of aryl methyl sites for hydroxylation is 3. The standard InChI is InChI=1S/C28H35NO6S/c1-17-13-19(14-18(2)25(17)35-28(3,4)26(31)32)7-8-21-15-29(27(33)34-5)16-23(21)24(30)20-9-11-22(36-6)12-10-20/h9-14,21,23H,7-8,15-16H2,1-6H3,(H,31,32)/t21-,23-/m0/s1. The van der Waals surface area contributed by atoms with Gasteiger partial charge in [-0.15, -0.1) is 11.8 Å². The summed E-state index contributed by atoms with van der Waals surface area (Å²) in [6, 6.07) is 11.6. The van der Waals surface area contributed by atoms with Crippen LogP contribution in [0, 0.1) is 25.7 Å². The number of likely N-dealkylation sites (tertiary alicyclic amines) is 1. The molecule has 194 valence electrons. The lowest BCUT2D eigenvalue weighted by Crippen LogP contribution is -2.38. The number of ketones is 1. The number of carboxylic acids is 1. The van der Waals surface area contributed by atoms with Crippen LogP contribution in [-0.4, -0.2) is 59.9 Å². The molecule has 2 atom stereocenters. The minimum Gasteiger partial charge on any atom is -0.478 e. The number of methoxy groups -OCH3 is 1. The minimum atomic E-state index is -1.33. The van der Waals surface area contributed by atoms with Gasteiger partial charge in [-0.25, -0.2) is 9.59 Å². The molecule has 1 saturated heterocycles. The molecule has 1 heterocycles. The first-order valence-corrected chi connectivity index (χ1v) is 13.2. The summed E-state index contributed by atoms with van der Waals surface area (Å²) in [5, 5.41) is 9.41. The number of amides is 1. The number of nitrogens with zero attached hydrogens (tertiary/aromatic N) is 1. The third kappa shape index (κ3) is 6.22. The van der Waals surface area contributed by atoms with Crippen LogP contribution in [-0.2, 0) is 16.0 Å². The van der Waals surface area contributed by atoms with Crippen LogP contribution in [0.4, 0.5) is 4.79 Å². The molecular formula is C28H35NO6S. The predicted molar refractivity (Wildman–Crippen MR) is 140 cm³/mol. The van der Waals surface area contributed by atoms with E-state index >= 15 is 0 Å². The number of hydrogen-bond donors (Lipinski definition) is 1. The number of carboxylic acid groups (broad SMARTS) is 1. The van der Waals surface area contributed by atoms with E-state index < -0.39 is 17.7 Å². The van der Waals surface area contributed by atoms with Crippen LogP contribution >= 0.6 is 11.8 Å². The highest BCUT2D eigenvalue weighted by atomic mass is 32.2. The predicted octanol–water partition coefficient (Wildman–Crippen LogP) is 5.40. The van der Waals surface area contributed by atoms with Gasteiger partial charge in [0.2, 0.25) is 0 Å². The summed E-state index contributed by atoms with van der Waals surface area (Å²) < 4.78 is 10.7. The van der Waals surface area contributed by atoms with E-state index in [2.05, 4.69) is 0 Å². The topological polar surface area (TPSA) is 93.1 Å². The van der Waals surface area contributed by atoms with Gasteiger partial charge in [-0.05, 0) is 81.5 Å². The van der Waals surface area contributed by atoms with Crippen LogP contribution in [0.5, 0.6) is 5.75 Å². The molecule has 1 amide bonds. The SMILES string of the molecule is COC(=O)N1C[C@H](CCc2cc(C)c(OC(C)(C)C(=O)O)c(C)c2)[C@@H](C(=O)c2ccc(SC)cc2)C1. The maximum atomic E-state index is 13.4. The van der Waals surface area contributed by atoms with E-state index in [9.17, 15) is 19.5 Å². The van der Waals surface area contributed by atoms with E-state index in [1.165, 1.54) is 21.0 Å². The number of Topliss-reactive ketones (excluding diaryl/α,β-unsaturated/α-hetero) is 1. The van der Waals surface area contributed by atoms with Crippen molar-refractivity contribution in [3.63, 3.8) is 0 Å². The van der Waals surface area contributed by atoms with Crippen molar-refractivity contribution in [1.82, 2.24) is 4.90 Å². The molecule has 2 aromatic carbocycles. The Morgan fingerprint density at radius 3 is 2.22 bits per heavy atom. The zero-order valence-corrected chi connectivity index (χ0v) is 22.6. The quantitative estimate of drug-likeness (QED) is 0.355. The fourth-order valence-corrected chi connectivity index (χ4v) is 5.11. The first-order chi connectivity index (χ1) is 17.0. The monoisotopic (exact) mass is 513 g/mol. The van der Waals surface area contributed by atoms with Gasteiger partial charge < -0.3 is 19.5 Å². The molecule has 0 spiro atoms. The molecule has 1 aliphatic heterocycles. The Balaban J connectivity index is 1.77. The molecule has 0 saturated carbocycles. The second-order valence-corrected chi connectivity index (χ2v) is 10.7. The van der Waals surface area contributed by atoms with E-state index in [1.807, 2.05) is 56.5 Å². The van der Waals surface area contributed by atoms with Gasteiger partial charge in [0.25, 0.3) is 0 Å². The second kappa shape index (κ2) is 11.4. The molecule has 7 nitrogen and oxygen atoms in total. The summed E-state index contributed by atoms with van der Waals surface area (Å²) in [6.45, 7) is 7.68. The van der Waals surface area contributed by atoms with Crippen molar-refractivity contribution in [3.05, 3.63) is 58.7 Å². The molecule has 3 rings (SSSR count). The smallest absolute Gasteiger partial charge is 0.409 e. The third-order valence-corrected chi connectivity index (χ3v) is 7.52. The Morgan fingerprint density at radius 2 is 1.69 bits per heavy atom. The summed E-state index contributed by atoms with van der Waals surface area (Å²) in [7, 11) is 1.36. The molecule has 0 unspecified atom stereocenters. The van der Waals surface area contributed by atoms with Gasteiger partial charge >= 0.3 is 12.1 Å². The fourth-order valence-electron chi connectivity index (χ4n) is 4.70. The van der Waals surface area contributed by atoms with Crippen LogP contribution < -0.4 is 4.74 Å². The first-order valence-electron chi connectivity index (χ1n) is 12.0. The Labute approximate surface area is 217 Å². The Bertz CT molecular complexity index is 1100. The van der Waals surface area contributed by atoms with E-state index in [0.29, 0.717) is 24.4 Å². The number of hydrogen-bond acceptors (Lipinski definition) is 6.